The van der Waals surface area contributed by atoms with Crippen molar-refractivity contribution in [2.45, 2.75) is 45.6 Å². The Morgan fingerprint density at radius 3 is 2.87 bits per heavy atom. The monoisotopic (exact) mass is 208 g/mol. The predicted molar refractivity (Wildman–Crippen MR) is 59.6 cm³/mol. The lowest BCUT2D eigenvalue weighted by Gasteiger charge is -2.09. The molecule has 3 heteroatoms. The van der Waals surface area contributed by atoms with Crippen molar-refractivity contribution in [2.75, 3.05) is 6.54 Å². The Morgan fingerprint density at radius 1 is 1.53 bits per heavy atom. The zero-order chi connectivity index (χ0) is 10.9. The van der Waals surface area contributed by atoms with Crippen LogP contribution in [0.2, 0.25) is 0 Å². The van der Waals surface area contributed by atoms with E-state index in [4.69, 9.17) is 4.52 Å². The molecule has 0 unspecified atom stereocenters. The third kappa shape index (κ3) is 2.40. The maximum atomic E-state index is 5.36. The van der Waals surface area contributed by atoms with E-state index in [1.54, 1.807) is 0 Å². The summed E-state index contributed by atoms with van der Waals surface area (Å²) >= 11 is 0. The van der Waals surface area contributed by atoms with E-state index in [-0.39, 0.29) is 5.41 Å². The number of nitrogens with zero attached hydrogens (tertiary/aromatic N) is 1. The van der Waals surface area contributed by atoms with Gasteiger partial charge in [0.1, 0.15) is 5.76 Å². The Hall–Kier alpha value is -0.830. The smallest absolute Gasteiger partial charge is 0.147 e. The summed E-state index contributed by atoms with van der Waals surface area (Å²) in [6, 6.07) is 0. The van der Waals surface area contributed by atoms with Gasteiger partial charge >= 0.3 is 0 Å². The van der Waals surface area contributed by atoms with Crippen molar-refractivity contribution in [3.8, 4) is 0 Å². The second-order valence-electron chi connectivity index (χ2n) is 5.27. The highest BCUT2D eigenvalue weighted by molar-refractivity contribution is 5.27. The summed E-state index contributed by atoms with van der Waals surface area (Å²) < 4.78 is 5.36. The summed E-state index contributed by atoms with van der Waals surface area (Å²) in [6.07, 6.45) is 4.32. The number of hydrogen-bond donors (Lipinski definition) is 1. The fourth-order valence-corrected chi connectivity index (χ4v) is 1.79. The van der Waals surface area contributed by atoms with E-state index in [9.17, 15) is 0 Å². The molecule has 1 aromatic rings. The summed E-state index contributed by atoms with van der Waals surface area (Å²) in [6.45, 7) is 8.60. The van der Waals surface area contributed by atoms with Crippen molar-refractivity contribution >= 4 is 0 Å². The Morgan fingerprint density at radius 2 is 2.27 bits per heavy atom. The van der Waals surface area contributed by atoms with Gasteiger partial charge in [-0.1, -0.05) is 25.9 Å². The second-order valence-corrected chi connectivity index (χ2v) is 5.27. The van der Waals surface area contributed by atoms with Gasteiger partial charge in [-0.25, -0.2) is 0 Å². The molecular formula is C12H20N2O. The number of rotatable bonds is 5. The summed E-state index contributed by atoms with van der Waals surface area (Å²) in [5.41, 5.74) is 1.52. The molecule has 0 saturated heterocycles. The molecule has 0 spiro atoms. The molecular weight excluding hydrogens is 188 g/mol. The Bertz CT molecular complexity index is 326. The van der Waals surface area contributed by atoms with Crippen molar-refractivity contribution in [1.29, 1.82) is 0 Å². The minimum absolute atomic E-state index is 0.283. The van der Waals surface area contributed by atoms with Gasteiger partial charge in [0.15, 0.2) is 0 Å². The first-order chi connectivity index (χ1) is 7.12. The van der Waals surface area contributed by atoms with Crippen LogP contribution >= 0.6 is 0 Å². The van der Waals surface area contributed by atoms with Gasteiger partial charge in [-0.2, -0.15) is 0 Å². The highest BCUT2D eigenvalue weighted by atomic mass is 16.5. The Balaban J connectivity index is 1.94. The summed E-state index contributed by atoms with van der Waals surface area (Å²) in [5.74, 6) is 1.78. The van der Waals surface area contributed by atoms with Crippen LogP contribution in [0.3, 0.4) is 0 Å². The molecule has 2 rings (SSSR count). The van der Waals surface area contributed by atoms with Gasteiger partial charge in [-0.05, 0) is 25.3 Å². The topological polar surface area (TPSA) is 38.1 Å². The van der Waals surface area contributed by atoms with Crippen LogP contribution in [0.25, 0.3) is 0 Å². The third-order valence-electron chi connectivity index (χ3n) is 3.06. The van der Waals surface area contributed by atoms with Crippen LogP contribution in [0.15, 0.2) is 10.7 Å². The molecule has 0 bridgehead atoms. The van der Waals surface area contributed by atoms with Gasteiger partial charge in [0.25, 0.3) is 0 Å². The van der Waals surface area contributed by atoms with Gasteiger partial charge < -0.3 is 9.84 Å². The average molecular weight is 208 g/mol. The van der Waals surface area contributed by atoms with Crippen LogP contribution in [0.1, 0.15) is 44.9 Å². The first kappa shape index (κ1) is 10.7. The van der Waals surface area contributed by atoms with E-state index in [1.807, 2.05) is 6.20 Å². The molecule has 1 heterocycles. The fourth-order valence-electron chi connectivity index (χ4n) is 1.79. The van der Waals surface area contributed by atoms with Crippen molar-refractivity contribution < 1.29 is 4.52 Å². The number of aromatic nitrogens is 1. The molecule has 1 saturated carbocycles. The van der Waals surface area contributed by atoms with Gasteiger partial charge in [0, 0.05) is 17.5 Å². The van der Waals surface area contributed by atoms with Gasteiger partial charge in [-0.15, -0.1) is 0 Å². The zero-order valence-electron chi connectivity index (χ0n) is 9.84. The van der Waals surface area contributed by atoms with Crippen molar-refractivity contribution in [3.63, 3.8) is 0 Å². The summed E-state index contributed by atoms with van der Waals surface area (Å²) in [7, 11) is 0. The van der Waals surface area contributed by atoms with Crippen molar-refractivity contribution in [3.05, 3.63) is 17.5 Å². The fraction of sp³-hybridized carbons (Fsp3) is 0.750. The maximum absolute atomic E-state index is 5.36. The van der Waals surface area contributed by atoms with Crippen LogP contribution in [0.5, 0.6) is 0 Å². The average Bonchev–Trinajstić information content (AvgIpc) is 2.75. The molecule has 1 fully saturated rings. The summed E-state index contributed by atoms with van der Waals surface area (Å²) in [4.78, 5) is 0. The maximum Gasteiger partial charge on any atom is 0.147 e. The Kier molecular flexibility index (Phi) is 2.83. The molecule has 1 aliphatic carbocycles. The van der Waals surface area contributed by atoms with Gasteiger partial charge in [0.2, 0.25) is 0 Å². The van der Waals surface area contributed by atoms with Gasteiger partial charge in [-0.3, -0.25) is 0 Å². The molecule has 0 radical (unpaired) electrons. The lowest BCUT2D eigenvalue weighted by atomic mass is 10.0. The minimum Gasteiger partial charge on any atom is -0.360 e. The largest absolute Gasteiger partial charge is 0.360 e. The number of hydrogen-bond acceptors (Lipinski definition) is 3. The molecule has 0 atom stereocenters. The first-order valence-electron chi connectivity index (χ1n) is 5.76. The van der Waals surface area contributed by atoms with Crippen LogP contribution in [0.4, 0.5) is 0 Å². The Labute approximate surface area is 91.2 Å². The van der Waals surface area contributed by atoms with Crippen LogP contribution in [0, 0.1) is 5.92 Å². The van der Waals surface area contributed by atoms with Crippen LogP contribution < -0.4 is 5.32 Å². The zero-order valence-corrected chi connectivity index (χ0v) is 9.84. The van der Waals surface area contributed by atoms with Crippen molar-refractivity contribution in [2.24, 2.45) is 5.92 Å². The van der Waals surface area contributed by atoms with E-state index < -0.39 is 0 Å². The molecule has 3 nitrogen and oxygen atoms in total. The molecule has 15 heavy (non-hydrogen) atoms. The molecule has 0 aliphatic heterocycles. The molecule has 1 aliphatic rings. The number of nitrogens with one attached hydrogen (secondary N) is 1. The predicted octanol–water partition coefficient (Wildman–Crippen LogP) is 2.47. The van der Waals surface area contributed by atoms with Crippen LogP contribution in [-0.2, 0) is 12.0 Å². The highest BCUT2D eigenvalue weighted by Crippen LogP contribution is 2.48. The van der Waals surface area contributed by atoms with E-state index in [2.05, 4.69) is 31.2 Å². The SMILES string of the molecule is CC(C)CNCc1cnoc1C1(C)CC1. The quantitative estimate of drug-likeness (QED) is 0.807. The van der Waals surface area contributed by atoms with Gasteiger partial charge in [0.05, 0.1) is 6.20 Å². The molecule has 0 aromatic carbocycles. The van der Waals surface area contributed by atoms with E-state index in [1.165, 1.54) is 18.4 Å². The second kappa shape index (κ2) is 3.97. The van der Waals surface area contributed by atoms with E-state index >= 15 is 0 Å². The lowest BCUT2D eigenvalue weighted by molar-refractivity contribution is 0.356. The van der Waals surface area contributed by atoms with Crippen molar-refractivity contribution in [1.82, 2.24) is 10.5 Å². The lowest BCUT2D eigenvalue weighted by Crippen LogP contribution is -2.20. The third-order valence-corrected chi connectivity index (χ3v) is 3.06. The van der Waals surface area contributed by atoms with E-state index in [0.717, 1.165) is 18.8 Å². The highest BCUT2D eigenvalue weighted by Gasteiger charge is 2.44. The minimum atomic E-state index is 0.283. The molecule has 84 valence electrons. The summed E-state index contributed by atoms with van der Waals surface area (Å²) in [5, 5.41) is 7.34. The van der Waals surface area contributed by atoms with E-state index in [0.29, 0.717) is 5.92 Å². The normalized spacial score (nSPS) is 18.4. The molecule has 1 N–H and O–H groups in total. The first-order valence-corrected chi connectivity index (χ1v) is 5.76. The molecule has 1 aromatic heterocycles. The molecule has 0 amide bonds. The van der Waals surface area contributed by atoms with Crippen LogP contribution in [-0.4, -0.2) is 11.7 Å². The standard InChI is InChI=1S/C12H20N2O/c1-9(2)6-13-7-10-8-14-15-11(10)12(3)4-5-12/h8-9,13H,4-7H2,1-3H3.